The molecular formula is C11H19N3O3. The SMILES string of the molecule is Cc1nn(C(C)C)c(C)c1C(O)C(N)C(=O)O. The van der Waals surface area contributed by atoms with E-state index in [-0.39, 0.29) is 6.04 Å². The lowest BCUT2D eigenvalue weighted by molar-refractivity contribution is -0.141. The van der Waals surface area contributed by atoms with Gasteiger partial charge in [0.15, 0.2) is 0 Å². The molecule has 0 aliphatic heterocycles. The summed E-state index contributed by atoms with van der Waals surface area (Å²) in [5.41, 5.74) is 7.30. The number of nitrogens with zero attached hydrogens (tertiary/aromatic N) is 2. The highest BCUT2D eigenvalue weighted by atomic mass is 16.4. The molecule has 2 unspecified atom stereocenters. The molecule has 0 aliphatic carbocycles. The zero-order valence-corrected chi connectivity index (χ0v) is 10.5. The fourth-order valence-electron chi connectivity index (χ4n) is 1.92. The number of hydrogen-bond donors (Lipinski definition) is 3. The van der Waals surface area contributed by atoms with Crippen LogP contribution in [0.3, 0.4) is 0 Å². The molecule has 96 valence electrons. The molecule has 0 aromatic carbocycles. The maximum absolute atomic E-state index is 10.8. The van der Waals surface area contributed by atoms with E-state index >= 15 is 0 Å². The molecule has 6 heteroatoms. The van der Waals surface area contributed by atoms with Gasteiger partial charge in [-0.1, -0.05) is 0 Å². The first-order valence-electron chi connectivity index (χ1n) is 5.49. The molecule has 6 nitrogen and oxygen atoms in total. The fraction of sp³-hybridized carbons (Fsp3) is 0.636. The average Bonchev–Trinajstić information content (AvgIpc) is 2.52. The zero-order chi connectivity index (χ0) is 13.3. The van der Waals surface area contributed by atoms with Crippen LogP contribution in [0.4, 0.5) is 0 Å². The highest BCUT2D eigenvalue weighted by Crippen LogP contribution is 2.25. The zero-order valence-electron chi connectivity index (χ0n) is 10.5. The number of hydrogen-bond acceptors (Lipinski definition) is 4. The summed E-state index contributed by atoms with van der Waals surface area (Å²) >= 11 is 0. The molecule has 1 heterocycles. The Hall–Kier alpha value is -1.40. The molecular weight excluding hydrogens is 222 g/mol. The van der Waals surface area contributed by atoms with E-state index in [1.165, 1.54) is 0 Å². The first-order valence-corrected chi connectivity index (χ1v) is 5.49. The van der Waals surface area contributed by atoms with Gasteiger partial charge in [0.2, 0.25) is 0 Å². The molecule has 0 aliphatic rings. The normalized spacial score (nSPS) is 15.0. The van der Waals surface area contributed by atoms with Gasteiger partial charge >= 0.3 is 5.97 Å². The number of carbonyl (C=O) groups is 1. The van der Waals surface area contributed by atoms with Crippen LogP contribution in [-0.2, 0) is 4.79 Å². The third-order valence-electron chi connectivity index (χ3n) is 2.79. The molecule has 4 N–H and O–H groups in total. The third kappa shape index (κ3) is 2.48. The number of aryl methyl sites for hydroxylation is 1. The summed E-state index contributed by atoms with van der Waals surface area (Å²) in [5, 5.41) is 23.0. The Morgan fingerprint density at radius 3 is 2.29 bits per heavy atom. The second kappa shape index (κ2) is 4.85. The van der Waals surface area contributed by atoms with E-state index in [4.69, 9.17) is 10.8 Å². The molecule has 0 bridgehead atoms. The van der Waals surface area contributed by atoms with E-state index in [1.807, 2.05) is 13.8 Å². The van der Waals surface area contributed by atoms with Gasteiger partial charge in [-0.15, -0.1) is 0 Å². The second-order valence-electron chi connectivity index (χ2n) is 4.43. The summed E-state index contributed by atoms with van der Waals surface area (Å²) in [7, 11) is 0. The van der Waals surface area contributed by atoms with Crippen molar-refractivity contribution >= 4 is 5.97 Å². The van der Waals surface area contributed by atoms with Crippen molar-refractivity contribution in [1.29, 1.82) is 0 Å². The molecule has 1 rings (SSSR count). The minimum atomic E-state index is -1.34. The summed E-state index contributed by atoms with van der Waals surface area (Å²) in [6.45, 7) is 7.46. The second-order valence-corrected chi connectivity index (χ2v) is 4.43. The predicted molar refractivity (Wildman–Crippen MR) is 62.7 cm³/mol. The lowest BCUT2D eigenvalue weighted by Crippen LogP contribution is -2.37. The molecule has 0 saturated carbocycles. The molecule has 1 aromatic heterocycles. The molecule has 1 aromatic rings. The number of rotatable bonds is 4. The predicted octanol–water partition coefficient (Wildman–Crippen LogP) is 0.526. The summed E-state index contributed by atoms with van der Waals surface area (Å²) < 4.78 is 1.75. The molecule has 0 fully saturated rings. The maximum Gasteiger partial charge on any atom is 0.323 e. The number of carboxylic acid groups (broad SMARTS) is 1. The van der Waals surface area contributed by atoms with E-state index in [9.17, 15) is 9.90 Å². The van der Waals surface area contributed by atoms with Crippen molar-refractivity contribution in [2.24, 2.45) is 5.73 Å². The number of nitrogens with two attached hydrogens (primary N) is 1. The Kier molecular flexibility index (Phi) is 3.90. The number of aliphatic carboxylic acids is 1. The van der Waals surface area contributed by atoms with Crippen LogP contribution >= 0.6 is 0 Å². The Morgan fingerprint density at radius 2 is 1.94 bits per heavy atom. The van der Waals surface area contributed by atoms with Gasteiger partial charge in [-0.2, -0.15) is 5.10 Å². The highest BCUT2D eigenvalue weighted by Gasteiger charge is 2.29. The van der Waals surface area contributed by atoms with Crippen molar-refractivity contribution in [3.8, 4) is 0 Å². The lowest BCUT2D eigenvalue weighted by atomic mass is 10.0. The van der Waals surface area contributed by atoms with Crippen molar-refractivity contribution in [3.05, 3.63) is 17.0 Å². The van der Waals surface area contributed by atoms with Crippen molar-refractivity contribution < 1.29 is 15.0 Å². The van der Waals surface area contributed by atoms with Crippen LogP contribution in [-0.4, -0.2) is 32.0 Å². The molecule has 0 amide bonds. The highest BCUT2D eigenvalue weighted by molar-refractivity contribution is 5.74. The Labute approximate surface area is 100 Å². The van der Waals surface area contributed by atoms with Crippen molar-refractivity contribution in [1.82, 2.24) is 9.78 Å². The summed E-state index contributed by atoms with van der Waals surface area (Å²) in [4.78, 5) is 10.8. The maximum atomic E-state index is 10.8. The minimum absolute atomic E-state index is 0.149. The smallest absolute Gasteiger partial charge is 0.323 e. The lowest BCUT2D eigenvalue weighted by Gasteiger charge is -2.16. The first-order chi connectivity index (χ1) is 7.77. The quantitative estimate of drug-likeness (QED) is 0.713. The summed E-state index contributed by atoms with van der Waals surface area (Å²) in [6.07, 6.45) is -1.24. The van der Waals surface area contributed by atoms with Crippen LogP contribution in [0.2, 0.25) is 0 Å². The number of aliphatic hydroxyl groups excluding tert-OH is 1. The van der Waals surface area contributed by atoms with E-state index in [2.05, 4.69) is 5.10 Å². The number of aliphatic hydroxyl groups is 1. The number of aromatic nitrogens is 2. The third-order valence-corrected chi connectivity index (χ3v) is 2.79. The standard InChI is InChI=1S/C11H19N3O3/c1-5(2)14-7(4)8(6(3)13-14)10(15)9(12)11(16)17/h5,9-10,15H,12H2,1-4H3,(H,16,17). The van der Waals surface area contributed by atoms with Crippen molar-refractivity contribution in [2.75, 3.05) is 0 Å². The first kappa shape index (κ1) is 13.7. The summed E-state index contributed by atoms with van der Waals surface area (Å²) in [5.74, 6) is -1.23. The van der Waals surface area contributed by atoms with Gasteiger partial charge in [0.25, 0.3) is 0 Å². The molecule has 0 saturated heterocycles. The van der Waals surface area contributed by atoms with Crippen LogP contribution in [0.25, 0.3) is 0 Å². The summed E-state index contributed by atoms with van der Waals surface area (Å²) in [6, 6.07) is -1.19. The van der Waals surface area contributed by atoms with E-state index < -0.39 is 18.1 Å². The molecule has 0 radical (unpaired) electrons. The monoisotopic (exact) mass is 241 g/mol. The molecule has 2 atom stereocenters. The van der Waals surface area contributed by atoms with Gasteiger partial charge in [-0.05, 0) is 27.7 Å². The van der Waals surface area contributed by atoms with Gasteiger partial charge in [0.05, 0.1) is 5.69 Å². The van der Waals surface area contributed by atoms with Crippen molar-refractivity contribution in [3.63, 3.8) is 0 Å². The fourth-order valence-corrected chi connectivity index (χ4v) is 1.92. The van der Waals surface area contributed by atoms with Gasteiger partial charge in [0, 0.05) is 17.3 Å². The van der Waals surface area contributed by atoms with Crippen LogP contribution in [0.5, 0.6) is 0 Å². The Morgan fingerprint density at radius 1 is 1.41 bits per heavy atom. The van der Waals surface area contributed by atoms with E-state index in [1.54, 1.807) is 18.5 Å². The average molecular weight is 241 g/mol. The van der Waals surface area contributed by atoms with E-state index in [0.29, 0.717) is 11.3 Å². The van der Waals surface area contributed by atoms with Crippen LogP contribution < -0.4 is 5.73 Å². The van der Waals surface area contributed by atoms with Gasteiger partial charge < -0.3 is 15.9 Å². The minimum Gasteiger partial charge on any atom is -0.480 e. The van der Waals surface area contributed by atoms with Crippen LogP contribution in [0.15, 0.2) is 0 Å². The van der Waals surface area contributed by atoms with Gasteiger partial charge in [-0.3, -0.25) is 9.48 Å². The Balaban J connectivity index is 3.18. The van der Waals surface area contributed by atoms with Crippen molar-refractivity contribution in [2.45, 2.75) is 45.9 Å². The largest absolute Gasteiger partial charge is 0.480 e. The number of carboxylic acids is 1. The molecule has 0 spiro atoms. The van der Waals surface area contributed by atoms with Crippen LogP contribution in [0, 0.1) is 13.8 Å². The van der Waals surface area contributed by atoms with Gasteiger partial charge in [-0.25, -0.2) is 0 Å². The molecule has 17 heavy (non-hydrogen) atoms. The van der Waals surface area contributed by atoms with Crippen LogP contribution in [0.1, 0.15) is 42.9 Å². The van der Waals surface area contributed by atoms with Gasteiger partial charge in [0.1, 0.15) is 12.1 Å². The topological polar surface area (TPSA) is 101 Å². The van der Waals surface area contributed by atoms with E-state index in [0.717, 1.165) is 5.69 Å². The Bertz CT molecular complexity index is 426.